The molecule has 0 saturated carbocycles. The third kappa shape index (κ3) is 5.81. The number of amides is 1. The third-order valence-electron chi connectivity index (χ3n) is 5.43. The zero-order valence-electron chi connectivity index (χ0n) is 19.5. The fourth-order valence-corrected chi connectivity index (χ4v) is 4.88. The molecule has 1 heterocycles. The van der Waals surface area contributed by atoms with Gasteiger partial charge in [0.1, 0.15) is 5.75 Å². The summed E-state index contributed by atoms with van der Waals surface area (Å²) in [6.45, 7) is 3.87. The Morgan fingerprint density at radius 1 is 1.09 bits per heavy atom. The number of aryl methyl sites for hydroxylation is 1. The molecule has 35 heavy (non-hydrogen) atoms. The largest absolute Gasteiger partial charge is 0.497 e. The monoisotopic (exact) mass is 526 g/mol. The molecular formula is C26H24Cl2N4O2S. The van der Waals surface area contributed by atoms with E-state index in [2.05, 4.69) is 15.5 Å². The quantitative estimate of drug-likeness (QED) is 0.259. The maximum absolute atomic E-state index is 12.9. The standard InChI is InChI=1S/C26H24Cl2N4O2S/c1-16-11-12-19(27)14-23(16)32-24(17(2)29-25(33)21-9-4-5-10-22(21)28)30-31-26(32)35-15-18-7-6-8-20(13-18)34-3/h4-14,17H,15H2,1-3H3,(H,29,33). The van der Waals surface area contributed by atoms with Crippen molar-refractivity contribution in [3.8, 4) is 11.4 Å². The smallest absolute Gasteiger partial charge is 0.253 e. The van der Waals surface area contributed by atoms with E-state index in [1.807, 2.05) is 60.9 Å². The Hall–Kier alpha value is -3.00. The minimum absolute atomic E-state index is 0.286. The second-order valence-electron chi connectivity index (χ2n) is 7.92. The first-order chi connectivity index (χ1) is 16.9. The number of thioether (sulfide) groups is 1. The van der Waals surface area contributed by atoms with Crippen LogP contribution in [-0.2, 0) is 5.75 Å². The summed E-state index contributed by atoms with van der Waals surface area (Å²) in [6, 6.07) is 20.0. The Labute approximate surface area is 218 Å². The summed E-state index contributed by atoms with van der Waals surface area (Å²) in [6.07, 6.45) is 0. The summed E-state index contributed by atoms with van der Waals surface area (Å²) in [5, 5.41) is 13.6. The van der Waals surface area contributed by atoms with Crippen LogP contribution in [0.15, 0.2) is 71.9 Å². The number of nitrogens with zero attached hydrogens (tertiary/aromatic N) is 3. The van der Waals surface area contributed by atoms with Crippen molar-refractivity contribution >= 4 is 40.9 Å². The molecule has 1 aromatic heterocycles. The van der Waals surface area contributed by atoms with E-state index in [-0.39, 0.29) is 5.91 Å². The molecule has 0 fully saturated rings. The van der Waals surface area contributed by atoms with Crippen LogP contribution < -0.4 is 10.1 Å². The molecule has 1 atom stereocenters. The highest BCUT2D eigenvalue weighted by molar-refractivity contribution is 7.98. The minimum Gasteiger partial charge on any atom is -0.497 e. The fourth-order valence-electron chi connectivity index (χ4n) is 3.60. The van der Waals surface area contributed by atoms with Gasteiger partial charge in [-0.25, -0.2) is 0 Å². The van der Waals surface area contributed by atoms with Gasteiger partial charge in [-0.3, -0.25) is 9.36 Å². The van der Waals surface area contributed by atoms with Gasteiger partial charge in [0.05, 0.1) is 29.4 Å². The molecule has 1 N–H and O–H groups in total. The van der Waals surface area contributed by atoms with Gasteiger partial charge < -0.3 is 10.1 Å². The van der Waals surface area contributed by atoms with Gasteiger partial charge in [0, 0.05) is 10.8 Å². The lowest BCUT2D eigenvalue weighted by atomic mass is 10.1. The lowest BCUT2D eigenvalue weighted by Crippen LogP contribution is -2.29. The van der Waals surface area contributed by atoms with Crippen LogP contribution in [0.25, 0.3) is 5.69 Å². The fraction of sp³-hybridized carbons (Fsp3) is 0.192. The zero-order chi connectivity index (χ0) is 24.9. The van der Waals surface area contributed by atoms with E-state index in [4.69, 9.17) is 27.9 Å². The molecule has 0 aliphatic carbocycles. The number of carbonyl (C=O) groups excluding carboxylic acids is 1. The molecule has 1 amide bonds. The number of methoxy groups -OCH3 is 1. The minimum atomic E-state index is -0.448. The van der Waals surface area contributed by atoms with Crippen LogP contribution in [0.4, 0.5) is 0 Å². The van der Waals surface area contributed by atoms with Gasteiger partial charge in [0.2, 0.25) is 0 Å². The maximum atomic E-state index is 12.9. The number of ether oxygens (including phenoxy) is 1. The lowest BCUT2D eigenvalue weighted by molar-refractivity contribution is 0.0938. The number of carbonyl (C=O) groups is 1. The highest BCUT2D eigenvalue weighted by atomic mass is 35.5. The Bertz CT molecular complexity index is 1360. The second kappa shape index (κ2) is 11.2. The highest BCUT2D eigenvalue weighted by Gasteiger charge is 2.23. The number of hydrogen-bond donors (Lipinski definition) is 1. The summed E-state index contributed by atoms with van der Waals surface area (Å²) in [7, 11) is 1.65. The first-order valence-electron chi connectivity index (χ1n) is 10.9. The van der Waals surface area contributed by atoms with Crippen molar-refractivity contribution in [2.45, 2.75) is 30.8 Å². The number of nitrogens with one attached hydrogen (secondary N) is 1. The van der Waals surface area contributed by atoms with Gasteiger partial charge in [0.25, 0.3) is 5.91 Å². The van der Waals surface area contributed by atoms with Crippen LogP contribution in [-0.4, -0.2) is 27.8 Å². The van der Waals surface area contributed by atoms with Crippen molar-refractivity contribution < 1.29 is 9.53 Å². The van der Waals surface area contributed by atoms with Crippen molar-refractivity contribution in [2.24, 2.45) is 0 Å². The topological polar surface area (TPSA) is 69.0 Å². The summed E-state index contributed by atoms with van der Waals surface area (Å²) in [5.41, 5.74) is 3.35. The molecule has 180 valence electrons. The molecule has 0 saturated heterocycles. The molecule has 4 rings (SSSR count). The van der Waals surface area contributed by atoms with Crippen molar-refractivity contribution in [1.82, 2.24) is 20.1 Å². The van der Waals surface area contributed by atoms with Gasteiger partial charge >= 0.3 is 0 Å². The van der Waals surface area contributed by atoms with E-state index in [0.29, 0.717) is 32.3 Å². The third-order valence-corrected chi connectivity index (χ3v) is 6.99. The van der Waals surface area contributed by atoms with Crippen LogP contribution in [0, 0.1) is 6.92 Å². The average molecular weight is 527 g/mol. The zero-order valence-corrected chi connectivity index (χ0v) is 21.8. The molecule has 0 spiro atoms. The first kappa shape index (κ1) is 25.1. The van der Waals surface area contributed by atoms with Crippen LogP contribution in [0.2, 0.25) is 10.0 Å². The molecule has 9 heteroatoms. The molecule has 3 aromatic carbocycles. The Balaban J connectivity index is 1.67. The lowest BCUT2D eigenvalue weighted by Gasteiger charge is -2.18. The number of hydrogen-bond acceptors (Lipinski definition) is 5. The molecule has 1 unspecified atom stereocenters. The summed E-state index contributed by atoms with van der Waals surface area (Å²) < 4.78 is 7.29. The summed E-state index contributed by atoms with van der Waals surface area (Å²) in [5.74, 6) is 1.76. The number of aromatic nitrogens is 3. The van der Waals surface area contributed by atoms with Gasteiger partial charge in [-0.05, 0) is 61.4 Å². The number of benzene rings is 3. The van der Waals surface area contributed by atoms with E-state index in [0.717, 1.165) is 22.6 Å². The number of rotatable bonds is 8. The molecule has 0 bridgehead atoms. The molecule has 4 aromatic rings. The summed E-state index contributed by atoms with van der Waals surface area (Å²) >= 11 is 14.1. The van der Waals surface area contributed by atoms with Crippen LogP contribution in [0.5, 0.6) is 5.75 Å². The van der Waals surface area contributed by atoms with Crippen molar-refractivity contribution in [2.75, 3.05) is 7.11 Å². The molecule has 6 nitrogen and oxygen atoms in total. The van der Waals surface area contributed by atoms with Crippen molar-refractivity contribution in [1.29, 1.82) is 0 Å². The highest BCUT2D eigenvalue weighted by Crippen LogP contribution is 2.31. The number of halogens is 2. The van der Waals surface area contributed by atoms with E-state index < -0.39 is 6.04 Å². The van der Waals surface area contributed by atoms with Crippen LogP contribution >= 0.6 is 35.0 Å². The van der Waals surface area contributed by atoms with Gasteiger partial charge in [-0.15, -0.1) is 10.2 Å². The van der Waals surface area contributed by atoms with Gasteiger partial charge in [0.15, 0.2) is 11.0 Å². The van der Waals surface area contributed by atoms with Gasteiger partial charge in [-0.1, -0.05) is 65.3 Å². The van der Waals surface area contributed by atoms with Crippen molar-refractivity contribution in [3.05, 3.63) is 99.3 Å². The van der Waals surface area contributed by atoms with E-state index in [1.165, 1.54) is 0 Å². The maximum Gasteiger partial charge on any atom is 0.253 e. The molecule has 0 radical (unpaired) electrons. The van der Waals surface area contributed by atoms with Gasteiger partial charge in [-0.2, -0.15) is 0 Å². The molecule has 0 aliphatic rings. The Morgan fingerprint density at radius 3 is 2.66 bits per heavy atom. The molecule has 0 aliphatic heterocycles. The Morgan fingerprint density at radius 2 is 1.89 bits per heavy atom. The predicted octanol–water partition coefficient (Wildman–Crippen LogP) is 6.67. The van der Waals surface area contributed by atoms with Crippen molar-refractivity contribution in [3.63, 3.8) is 0 Å². The van der Waals surface area contributed by atoms with Crippen LogP contribution in [0.3, 0.4) is 0 Å². The van der Waals surface area contributed by atoms with Crippen LogP contribution in [0.1, 0.15) is 40.3 Å². The SMILES string of the molecule is COc1cccc(CSc2nnc(C(C)NC(=O)c3ccccc3Cl)n2-c2cc(Cl)ccc2C)c1. The normalized spacial score (nSPS) is 11.8. The summed E-state index contributed by atoms with van der Waals surface area (Å²) in [4.78, 5) is 12.9. The van der Waals surface area contributed by atoms with E-state index in [1.54, 1.807) is 43.1 Å². The van der Waals surface area contributed by atoms with E-state index in [9.17, 15) is 4.79 Å². The first-order valence-corrected chi connectivity index (χ1v) is 12.6. The predicted molar refractivity (Wildman–Crippen MR) is 141 cm³/mol. The second-order valence-corrected chi connectivity index (χ2v) is 9.71. The van der Waals surface area contributed by atoms with E-state index >= 15 is 0 Å². The molecular weight excluding hydrogens is 503 g/mol. The average Bonchev–Trinajstić information content (AvgIpc) is 3.28. The Kier molecular flexibility index (Phi) is 8.00.